The SMILES string of the molecule is Cc1ccc(S(=O)(=O)N2CCC[C@H]2c2c(C)noc2C)cc1C. The van der Waals surface area contributed by atoms with Gasteiger partial charge in [0.2, 0.25) is 10.0 Å². The van der Waals surface area contributed by atoms with E-state index in [1.54, 1.807) is 16.4 Å². The number of sulfonamides is 1. The Labute approximate surface area is 137 Å². The van der Waals surface area contributed by atoms with Crippen LogP contribution in [0.15, 0.2) is 27.6 Å². The predicted octanol–water partition coefficient (Wildman–Crippen LogP) is 3.43. The lowest BCUT2D eigenvalue weighted by Crippen LogP contribution is -2.31. The van der Waals surface area contributed by atoms with Crippen LogP contribution in [0.4, 0.5) is 0 Å². The summed E-state index contributed by atoms with van der Waals surface area (Å²) in [4.78, 5) is 0.360. The summed E-state index contributed by atoms with van der Waals surface area (Å²) in [5, 5.41) is 3.98. The van der Waals surface area contributed by atoms with Gasteiger partial charge in [0.15, 0.2) is 0 Å². The molecule has 1 aromatic carbocycles. The highest BCUT2D eigenvalue weighted by Gasteiger charge is 2.38. The summed E-state index contributed by atoms with van der Waals surface area (Å²) in [6.45, 7) is 8.15. The third kappa shape index (κ3) is 2.70. The molecule has 1 aliphatic rings. The molecule has 0 bridgehead atoms. The molecule has 6 heteroatoms. The van der Waals surface area contributed by atoms with Crippen molar-refractivity contribution in [3.8, 4) is 0 Å². The van der Waals surface area contributed by atoms with Crippen molar-refractivity contribution in [3.63, 3.8) is 0 Å². The molecule has 1 aromatic heterocycles. The monoisotopic (exact) mass is 334 g/mol. The molecule has 0 radical (unpaired) electrons. The van der Waals surface area contributed by atoms with Crippen molar-refractivity contribution in [1.29, 1.82) is 0 Å². The van der Waals surface area contributed by atoms with Gasteiger partial charge in [-0.3, -0.25) is 0 Å². The highest BCUT2D eigenvalue weighted by Crippen LogP contribution is 2.39. The fraction of sp³-hybridized carbons (Fsp3) is 0.471. The maximum atomic E-state index is 13.1. The zero-order valence-electron chi connectivity index (χ0n) is 14.0. The maximum Gasteiger partial charge on any atom is 0.243 e. The maximum absolute atomic E-state index is 13.1. The predicted molar refractivity (Wildman–Crippen MR) is 87.8 cm³/mol. The van der Waals surface area contributed by atoms with Gasteiger partial charge in [-0.15, -0.1) is 0 Å². The summed E-state index contributed by atoms with van der Waals surface area (Å²) in [6.07, 6.45) is 1.64. The zero-order valence-corrected chi connectivity index (χ0v) is 14.8. The molecule has 23 heavy (non-hydrogen) atoms. The van der Waals surface area contributed by atoms with Gasteiger partial charge in [0.1, 0.15) is 5.76 Å². The van der Waals surface area contributed by atoms with E-state index in [1.807, 2.05) is 33.8 Å². The van der Waals surface area contributed by atoms with Gasteiger partial charge in [0.25, 0.3) is 0 Å². The van der Waals surface area contributed by atoms with E-state index >= 15 is 0 Å². The molecule has 0 unspecified atom stereocenters. The summed E-state index contributed by atoms with van der Waals surface area (Å²) in [7, 11) is -3.52. The second kappa shape index (κ2) is 5.76. The summed E-state index contributed by atoms with van der Waals surface area (Å²) >= 11 is 0. The molecule has 1 saturated heterocycles. The Morgan fingerprint density at radius 3 is 2.52 bits per heavy atom. The third-order valence-corrected chi connectivity index (χ3v) is 6.61. The van der Waals surface area contributed by atoms with Crippen LogP contribution in [0.3, 0.4) is 0 Å². The first-order chi connectivity index (χ1) is 10.8. The Balaban J connectivity index is 2.03. The van der Waals surface area contributed by atoms with Crippen LogP contribution in [0.2, 0.25) is 0 Å². The lowest BCUT2D eigenvalue weighted by molar-refractivity contribution is 0.376. The van der Waals surface area contributed by atoms with Crippen LogP contribution in [0.5, 0.6) is 0 Å². The van der Waals surface area contributed by atoms with E-state index in [2.05, 4.69) is 5.16 Å². The largest absolute Gasteiger partial charge is 0.361 e. The molecule has 124 valence electrons. The minimum Gasteiger partial charge on any atom is -0.361 e. The Bertz CT molecular complexity index is 820. The number of hydrogen-bond acceptors (Lipinski definition) is 4. The molecule has 3 rings (SSSR count). The second-order valence-electron chi connectivity index (χ2n) is 6.26. The molecule has 0 spiro atoms. The lowest BCUT2D eigenvalue weighted by atomic mass is 10.0. The lowest BCUT2D eigenvalue weighted by Gasteiger charge is -2.24. The number of aryl methyl sites for hydroxylation is 4. The van der Waals surface area contributed by atoms with E-state index in [1.165, 1.54) is 0 Å². The van der Waals surface area contributed by atoms with Crippen molar-refractivity contribution in [1.82, 2.24) is 9.46 Å². The number of aromatic nitrogens is 1. The van der Waals surface area contributed by atoms with Crippen molar-refractivity contribution in [2.75, 3.05) is 6.54 Å². The molecule has 0 aliphatic carbocycles. The minimum atomic E-state index is -3.52. The first-order valence-corrected chi connectivity index (χ1v) is 9.28. The highest BCUT2D eigenvalue weighted by atomic mass is 32.2. The summed E-state index contributed by atoms with van der Waals surface area (Å²) in [5.74, 6) is 0.703. The smallest absolute Gasteiger partial charge is 0.243 e. The summed E-state index contributed by atoms with van der Waals surface area (Å²) < 4.78 is 33.0. The molecular weight excluding hydrogens is 312 g/mol. The highest BCUT2D eigenvalue weighted by molar-refractivity contribution is 7.89. The van der Waals surface area contributed by atoms with Gasteiger partial charge in [-0.05, 0) is 63.8 Å². The molecule has 1 fully saturated rings. The molecule has 0 N–H and O–H groups in total. The van der Waals surface area contributed by atoms with Crippen LogP contribution in [-0.4, -0.2) is 24.4 Å². The van der Waals surface area contributed by atoms with E-state index in [0.29, 0.717) is 17.2 Å². The van der Waals surface area contributed by atoms with E-state index < -0.39 is 10.0 Å². The van der Waals surface area contributed by atoms with Gasteiger partial charge >= 0.3 is 0 Å². The van der Waals surface area contributed by atoms with Crippen LogP contribution >= 0.6 is 0 Å². The van der Waals surface area contributed by atoms with Crippen molar-refractivity contribution in [2.45, 2.75) is 51.5 Å². The van der Waals surface area contributed by atoms with E-state index in [9.17, 15) is 8.42 Å². The molecule has 0 amide bonds. The van der Waals surface area contributed by atoms with Crippen LogP contribution in [0.1, 0.15) is 47.0 Å². The number of hydrogen-bond donors (Lipinski definition) is 0. The summed E-state index contributed by atoms with van der Waals surface area (Å²) in [5.41, 5.74) is 3.76. The van der Waals surface area contributed by atoms with Crippen LogP contribution in [0.25, 0.3) is 0 Å². The zero-order chi connectivity index (χ0) is 16.8. The normalized spacial score (nSPS) is 19.4. The van der Waals surface area contributed by atoms with Crippen molar-refractivity contribution < 1.29 is 12.9 Å². The quantitative estimate of drug-likeness (QED) is 0.862. The van der Waals surface area contributed by atoms with Gasteiger partial charge in [-0.2, -0.15) is 4.31 Å². The van der Waals surface area contributed by atoms with Gasteiger partial charge in [0.05, 0.1) is 16.6 Å². The van der Waals surface area contributed by atoms with Gasteiger partial charge < -0.3 is 4.52 Å². The molecule has 0 saturated carbocycles. The standard InChI is InChI=1S/C17H22N2O3S/c1-11-7-8-15(10-12(11)2)23(20,21)19-9-5-6-16(19)17-13(3)18-22-14(17)4/h7-8,10,16H,5-6,9H2,1-4H3/t16-/m0/s1. The van der Waals surface area contributed by atoms with Crippen molar-refractivity contribution in [2.24, 2.45) is 0 Å². The Kier molecular flexibility index (Phi) is 4.06. The number of rotatable bonds is 3. The average Bonchev–Trinajstić information content (AvgIpc) is 3.09. The first-order valence-electron chi connectivity index (χ1n) is 7.84. The summed E-state index contributed by atoms with van der Waals surface area (Å²) in [6, 6.07) is 5.13. The Morgan fingerprint density at radius 1 is 1.17 bits per heavy atom. The molecule has 5 nitrogen and oxygen atoms in total. The minimum absolute atomic E-state index is 0.187. The van der Waals surface area contributed by atoms with Crippen LogP contribution in [-0.2, 0) is 10.0 Å². The van der Waals surface area contributed by atoms with Gasteiger partial charge in [-0.1, -0.05) is 11.2 Å². The van der Waals surface area contributed by atoms with Crippen LogP contribution < -0.4 is 0 Å². The fourth-order valence-corrected chi connectivity index (χ4v) is 5.04. The van der Waals surface area contributed by atoms with Gasteiger partial charge in [0, 0.05) is 12.1 Å². The van der Waals surface area contributed by atoms with Crippen molar-refractivity contribution in [3.05, 3.63) is 46.3 Å². The molecule has 1 aliphatic heterocycles. The molecular formula is C17H22N2O3S. The Hall–Kier alpha value is -1.66. The number of nitrogens with zero attached hydrogens (tertiary/aromatic N) is 2. The first kappa shape index (κ1) is 16.2. The van der Waals surface area contributed by atoms with Gasteiger partial charge in [-0.25, -0.2) is 8.42 Å². The second-order valence-corrected chi connectivity index (χ2v) is 8.15. The fourth-order valence-electron chi connectivity index (χ4n) is 3.29. The molecule has 2 aromatic rings. The number of benzene rings is 1. The average molecular weight is 334 g/mol. The van der Waals surface area contributed by atoms with Crippen molar-refractivity contribution >= 4 is 10.0 Å². The van der Waals surface area contributed by atoms with E-state index in [4.69, 9.17) is 4.52 Å². The van der Waals surface area contributed by atoms with E-state index in [-0.39, 0.29) is 6.04 Å². The van der Waals surface area contributed by atoms with Crippen LogP contribution in [0, 0.1) is 27.7 Å². The Morgan fingerprint density at radius 2 is 1.91 bits per heavy atom. The third-order valence-electron chi connectivity index (χ3n) is 4.71. The molecule has 1 atom stereocenters. The topological polar surface area (TPSA) is 63.4 Å². The molecule has 2 heterocycles. The van der Waals surface area contributed by atoms with E-state index in [0.717, 1.165) is 35.2 Å².